The minimum atomic E-state index is -0.529. The Kier molecular flexibility index (Phi) is 7.88. The van der Waals surface area contributed by atoms with Gasteiger partial charge in [-0.05, 0) is 142 Å². The van der Waals surface area contributed by atoms with Crippen LogP contribution in [0, 0.1) is 0 Å². The summed E-state index contributed by atoms with van der Waals surface area (Å²) >= 11 is 0. The van der Waals surface area contributed by atoms with Crippen molar-refractivity contribution in [2.75, 3.05) is 4.90 Å². The number of fused-ring (bicyclic) bond motifs is 23. The molecule has 5 aliphatic rings. The first-order chi connectivity index (χ1) is 35.5. The summed E-state index contributed by atoms with van der Waals surface area (Å²) in [5, 5.41) is 0. The third-order valence-electron chi connectivity index (χ3n) is 17.5. The van der Waals surface area contributed by atoms with Gasteiger partial charge in [0.05, 0.1) is 22.2 Å². The van der Waals surface area contributed by atoms with Gasteiger partial charge in [0.15, 0.2) is 0 Å². The minimum absolute atomic E-state index is 0.165. The summed E-state index contributed by atoms with van der Waals surface area (Å²) in [5.41, 5.74) is 31.4. The number of benzene rings is 11. The maximum atomic E-state index is 2.61. The van der Waals surface area contributed by atoms with E-state index in [0.717, 1.165) is 5.69 Å². The van der Waals surface area contributed by atoms with Crippen molar-refractivity contribution < 1.29 is 0 Å². The van der Waals surface area contributed by atoms with Crippen molar-refractivity contribution in [2.24, 2.45) is 0 Å². The molecular formula is C71H47N. The summed E-state index contributed by atoms with van der Waals surface area (Å²) in [6.07, 6.45) is 0. The Hall–Kier alpha value is -8.78. The second kappa shape index (κ2) is 14.2. The quantitative estimate of drug-likeness (QED) is 0.170. The fraction of sp³-hybridized carbons (Fsp3) is 0.0704. The molecule has 0 saturated carbocycles. The van der Waals surface area contributed by atoms with Gasteiger partial charge in [-0.25, -0.2) is 0 Å². The van der Waals surface area contributed by atoms with Gasteiger partial charge in [-0.15, -0.1) is 0 Å². The van der Waals surface area contributed by atoms with Crippen LogP contribution in [0.25, 0.3) is 66.8 Å². The van der Waals surface area contributed by atoms with Gasteiger partial charge in [-0.3, -0.25) is 0 Å². The Labute approximate surface area is 421 Å². The predicted molar refractivity (Wildman–Crippen MR) is 297 cm³/mol. The lowest BCUT2D eigenvalue weighted by atomic mass is 9.70. The molecule has 0 unspecified atom stereocenters. The van der Waals surface area contributed by atoms with Crippen LogP contribution in [0.5, 0.6) is 0 Å². The zero-order valence-corrected chi connectivity index (χ0v) is 40.1. The summed E-state index contributed by atoms with van der Waals surface area (Å²) < 4.78 is 0. The summed E-state index contributed by atoms with van der Waals surface area (Å²) in [6.45, 7) is 4.78. The van der Waals surface area contributed by atoms with Crippen molar-refractivity contribution in [3.05, 3.63) is 304 Å². The number of anilines is 3. The zero-order chi connectivity index (χ0) is 47.5. The number of hydrogen-bond donors (Lipinski definition) is 0. The molecule has 1 nitrogen and oxygen atoms in total. The van der Waals surface area contributed by atoms with Crippen LogP contribution in [0.15, 0.2) is 249 Å². The van der Waals surface area contributed by atoms with Crippen LogP contribution < -0.4 is 4.90 Å². The molecule has 0 bridgehead atoms. The zero-order valence-electron chi connectivity index (χ0n) is 40.1. The number of nitrogens with zero attached hydrogens (tertiary/aromatic N) is 1. The summed E-state index contributed by atoms with van der Waals surface area (Å²) in [7, 11) is 0. The van der Waals surface area contributed by atoms with Crippen LogP contribution in [0.3, 0.4) is 0 Å². The van der Waals surface area contributed by atoms with E-state index in [4.69, 9.17) is 0 Å². The molecule has 0 aromatic heterocycles. The predicted octanol–water partition coefficient (Wildman–Crippen LogP) is 17.8. The van der Waals surface area contributed by atoms with Gasteiger partial charge < -0.3 is 4.90 Å². The van der Waals surface area contributed by atoms with E-state index in [0.29, 0.717) is 0 Å². The van der Waals surface area contributed by atoms with Crippen molar-refractivity contribution in [3.8, 4) is 66.8 Å². The summed E-state index contributed by atoms with van der Waals surface area (Å²) in [4.78, 5) is 2.61. The van der Waals surface area contributed by atoms with Gasteiger partial charge in [0.25, 0.3) is 0 Å². The molecule has 72 heavy (non-hydrogen) atoms. The van der Waals surface area contributed by atoms with Gasteiger partial charge in [-0.2, -0.15) is 0 Å². The molecule has 0 radical (unpaired) electrons. The molecule has 0 heterocycles. The third kappa shape index (κ3) is 4.79. The Morgan fingerprint density at radius 1 is 0.264 bits per heavy atom. The van der Waals surface area contributed by atoms with Crippen LogP contribution in [0.1, 0.15) is 69.5 Å². The van der Waals surface area contributed by atoms with Crippen LogP contribution in [0.4, 0.5) is 17.1 Å². The number of hydrogen-bond acceptors (Lipinski definition) is 1. The van der Waals surface area contributed by atoms with Gasteiger partial charge in [-0.1, -0.05) is 232 Å². The maximum Gasteiger partial charge on any atom is 0.0746 e. The standard InChI is InChI=1S/C71H47N/c1-69(2)56-27-10-9-25-55(56)67-63(69)34-18-35-65(67)72(66-36-17-26-54-52-24-8-16-33-62(52)71(68(54)66)60-31-14-6-21-49(60)50-22-7-15-32-61(50)71)46-40-37-44(38-41-46)45-39-42-53-51-23-5-13-30-59(51)70(64(53)43-45)57-28-11-3-19-47(57)48-20-4-12-29-58(48)70/h3-43H,1-2H3. The van der Waals surface area contributed by atoms with E-state index >= 15 is 0 Å². The van der Waals surface area contributed by atoms with Crippen molar-refractivity contribution in [3.63, 3.8) is 0 Å². The molecule has 1 heteroatoms. The molecule has 5 aliphatic carbocycles. The Bertz CT molecular complexity index is 4020. The molecule has 16 rings (SSSR count). The van der Waals surface area contributed by atoms with E-state index in [-0.39, 0.29) is 5.41 Å². The van der Waals surface area contributed by atoms with E-state index in [1.807, 2.05) is 0 Å². The highest BCUT2D eigenvalue weighted by Crippen LogP contribution is 2.67. The van der Waals surface area contributed by atoms with Crippen LogP contribution in [-0.2, 0) is 16.2 Å². The van der Waals surface area contributed by atoms with Crippen molar-refractivity contribution in [2.45, 2.75) is 30.1 Å². The van der Waals surface area contributed by atoms with Crippen molar-refractivity contribution >= 4 is 17.1 Å². The lowest BCUT2D eigenvalue weighted by Gasteiger charge is -2.36. The molecule has 0 atom stereocenters. The molecular weight excluding hydrogens is 867 g/mol. The van der Waals surface area contributed by atoms with E-state index in [1.54, 1.807) is 0 Å². The molecule has 2 spiro atoms. The van der Waals surface area contributed by atoms with Gasteiger partial charge >= 0.3 is 0 Å². The van der Waals surface area contributed by atoms with Gasteiger partial charge in [0.1, 0.15) is 0 Å². The SMILES string of the molecule is CC1(C)c2ccccc2-c2c(N(c3ccc(-c4ccc5c(c4)C4(c6ccccc6-c6ccccc64)c4ccccc4-5)cc3)c3cccc4c3C3(c5ccccc5-c5ccccc53)c3ccccc3-4)cccc21. The molecule has 0 saturated heterocycles. The molecule has 0 aliphatic heterocycles. The van der Waals surface area contributed by atoms with Gasteiger partial charge in [0, 0.05) is 22.2 Å². The average molecular weight is 914 g/mol. The molecule has 11 aromatic rings. The second-order valence-corrected chi connectivity index (χ2v) is 21.0. The maximum absolute atomic E-state index is 2.61. The fourth-order valence-electron chi connectivity index (χ4n) is 14.7. The Balaban J connectivity index is 0.932. The van der Waals surface area contributed by atoms with Crippen LogP contribution >= 0.6 is 0 Å². The van der Waals surface area contributed by atoms with E-state index < -0.39 is 10.8 Å². The van der Waals surface area contributed by atoms with E-state index in [2.05, 4.69) is 267 Å². The Morgan fingerprint density at radius 3 is 1.17 bits per heavy atom. The largest absolute Gasteiger partial charge is 0.310 e. The van der Waals surface area contributed by atoms with Crippen molar-refractivity contribution in [1.29, 1.82) is 0 Å². The molecule has 0 amide bonds. The smallest absolute Gasteiger partial charge is 0.0746 e. The molecule has 336 valence electrons. The first-order valence-corrected chi connectivity index (χ1v) is 25.5. The van der Waals surface area contributed by atoms with E-state index in [1.165, 1.54) is 134 Å². The Morgan fingerprint density at radius 2 is 0.639 bits per heavy atom. The monoisotopic (exact) mass is 913 g/mol. The molecule has 0 fully saturated rings. The fourth-order valence-corrected chi connectivity index (χ4v) is 14.7. The highest BCUT2D eigenvalue weighted by Gasteiger charge is 2.54. The van der Waals surface area contributed by atoms with Gasteiger partial charge in [0.2, 0.25) is 0 Å². The summed E-state index contributed by atoms with van der Waals surface area (Å²) in [5.74, 6) is 0. The third-order valence-corrected chi connectivity index (χ3v) is 17.5. The minimum Gasteiger partial charge on any atom is -0.310 e. The van der Waals surface area contributed by atoms with Crippen LogP contribution in [-0.4, -0.2) is 0 Å². The van der Waals surface area contributed by atoms with Crippen LogP contribution in [0.2, 0.25) is 0 Å². The average Bonchev–Trinajstić information content (AvgIpc) is 4.18. The topological polar surface area (TPSA) is 3.24 Å². The lowest BCUT2D eigenvalue weighted by Crippen LogP contribution is -2.28. The summed E-state index contributed by atoms with van der Waals surface area (Å²) in [6, 6.07) is 94.6. The number of rotatable bonds is 4. The molecule has 11 aromatic carbocycles. The first-order valence-electron chi connectivity index (χ1n) is 25.5. The lowest BCUT2D eigenvalue weighted by molar-refractivity contribution is 0.660. The van der Waals surface area contributed by atoms with E-state index in [9.17, 15) is 0 Å². The molecule has 0 N–H and O–H groups in total. The second-order valence-electron chi connectivity index (χ2n) is 21.0. The normalized spacial score (nSPS) is 15.1. The highest BCUT2D eigenvalue weighted by molar-refractivity contribution is 6.03. The first kappa shape index (κ1) is 40.0. The van der Waals surface area contributed by atoms with Crippen molar-refractivity contribution in [1.82, 2.24) is 0 Å². The highest BCUT2D eigenvalue weighted by atomic mass is 15.2.